The zero-order chi connectivity index (χ0) is 24.8. The first-order valence-electron chi connectivity index (χ1n) is 10.6. The maximum absolute atomic E-state index is 13.4. The van der Waals surface area contributed by atoms with Crippen molar-refractivity contribution >= 4 is 45.5 Å². The van der Waals surface area contributed by atoms with Crippen molar-refractivity contribution in [1.82, 2.24) is 4.98 Å². The molecule has 0 radical (unpaired) electrons. The number of anilines is 1. The van der Waals surface area contributed by atoms with Crippen LogP contribution in [0.15, 0.2) is 53.1 Å². The van der Waals surface area contributed by atoms with Crippen LogP contribution < -0.4 is 4.90 Å². The lowest BCUT2D eigenvalue weighted by Gasteiger charge is -2.26. The lowest BCUT2D eigenvalue weighted by molar-refractivity contribution is -0.117. The number of thiazole rings is 1. The fraction of sp³-hybridized carbons (Fsp3) is 0.280. The maximum Gasteiger partial charge on any atom is 0.350 e. The molecule has 1 amide bonds. The molecule has 1 N–H and O–H groups in total. The third-order valence-electron chi connectivity index (χ3n) is 5.65. The van der Waals surface area contributed by atoms with Crippen molar-refractivity contribution in [1.29, 1.82) is 0 Å². The van der Waals surface area contributed by atoms with E-state index >= 15 is 0 Å². The Morgan fingerprint density at radius 3 is 2.38 bits per heavy atom. The summed E-state index contributed by atoms with van der Waals surface area (Å²) in [5, 5.41) is 12.8. The second-order valence-corrected chi connectivity index (χ2v) is 10.8. The average Bonchev–Trinajstić information content (AvgIpc) is 3.52. The standard InChI is InChI=1S/C25H24N2O5S2/c1-13-21(23(31)32-5)34-24(26-13)27-18(14-8-10-15(11-9-14)25(2,3)4)17(20(29)22(27)30)19(28)16-7-6-12-33-16/h6-12,18,29H,1-5H3/t18-/m1/s1. The van der Waals surface area contributed by atoms with Crippen molar-refractivity contribution in [2.45, 2.75) is 39.2 Å². The van der Waals surface area contributed by atoms with E-state index in [2.05, 4.69) is 25.8 Å². The molecular formula is C25H24N2O5S2. The predicted molar refractivity (Wildman–Crippen MR) is 132 cm³/mol. The fourth-order valence-electron chi connectivity index (χ4n) is 3.82. The predicted octanol–water partition coefficient (Wildman–Crippen LogP) is 5.38. The van der Waals surface area contributed by atoms with Crippen LogP contribution in [0.4, 0.5) is 5.13 Å². The number of ketones is 1. The number of aromatic nitrogens is 1. The highest BCUT2D eigenvalue weighted by Crippen LogP contribution is 2.44. The first kappa shape index (κ1) is 23.8. The zero-order valence-corrected chi connectivity index (χ0v) is 21.0. The quantitative estimate of drug-likeness (QED) is 0.376. The van der Waals surface area contributed by atoms with Gasteiger partial charge < -0.3 is 9.84 Å². The van der Waals surface area contributed by atoms with Crippen molar-refractivity contribution in [2.75, 3.05) is 12.0 Å². The number of amides is 1. The molecule has 0 fully saturated rings. The lowest BCUT2D eigenvalue weighted by atomic mass is 9.85. The van der Waals surface area contributed by atoms with Crippen LogP contribution in [0.5, 0.6) is 0 Å². The van der Waals surface area contributed by atoms with Crippen molar-refractivity contribution in [2.24, 2.45) is 0 Å². The van der Waals surface area contributed by atoms with E-state index in [1.54, 1.807) is 24.4 Å². The number of hydrogen-bond donors (Lipinski definition) is 1. The van der Waals surface area contributed by atoms with E-state index in [0.717, 1.165) is 16.9 Å². The summed E-state index contributed by atoms with van der Waals surface area (Å²) in [6.45, 7) is 7.93. The molecule has 0 unspecified atom stereocenters. The van der Waals surface area contributed by atoms with Crippen LogP contribution in [0, 0.1) is 6.92 Å². The number of hydrogen-bond acceptors (Lipinski definition) is 8. The monoisotopic (exact) mass is 496 g/mol. The molecule has 3 aromatic rings. The first-order chi connectivity index (χ1) is 16.0. The van der Waals surface area contributed by atoms with Gasteiger partial charge in [-0.3, -0.25) is 14.5 Å². The van der Waals surface area contributed by atoms with Crippen LogP contribution in [-0.2, 0) is 14.9 Å². The molecule has 1 aliphatic heterocycles. The maximum atomic E-state index is 13.4. The molecule has 1 aromatic carbocycles. The summed E-state index contributed by atoms with van der Waals surface area (Å²) < 4.78 is 4.82. The molecule has 0 aliphatic carbocycles. The molecule has 0 saturated heterocycles. The Labute approximate surface area is 205 Å². The van der Waals surface area contributed by atoms with Gasteiger partial charge in [0.1, 0.15) is 4.88 Å². The number of esters is 1. The zero-order valence-electron chi connectivity index (χ0n) is 19.4. The van der Waals surface area contributed by atoms with Gasteiger partial charge in [-0.1, -0.05) is 62.4 Å². The summed E-state index contributed by atoms with van der Waals surface area (Å²) in [7, 11) is 1.27. The number of benzene rings is 1. The Morgan fingerprint density at radius 1 is 1.15 bits per heavy atom. The first-order valence-corrected chi connectivity index (χ1v) is 12.2. The number of thiophene rings is 1. The molecule has 1 atom stereocenters. The second-order valence-electron chi connectivity index (χ2n) is 8.92. The van der Waals surface area contributed by atoms with Crippen LogP contribution in [0.1, 0.15) is 63.0 Å². The summed E-state index contributed by atoms with van der Waals surface area (Å²) in [5.74, 6) is -2.34. The van der Waals surface area contributed by atoms with Gasteiger partial charge in [-0.15, -0.1) is 11.3 Å². The third-order valence-corrected chi connectivity index (χ3v) is 7.66. The van der Waals surface area contributed by atoms with Crippen molar-refractivity contribution in [3.63, 3.8) is 0 Å². The summed E-state index contributed by atoms with van der Waals surface area (Å²) >= 11 is 2.22. The molecule has 3 heterocycles. The highest BCUT2D eigenvalue weighted by molar-refractivity contribution is 7.17. The minimum absolute atomic E-state index is 0.0107. The SMILES string of the molecule is COC(=O)c1sc(N2C(=O)C(O)=C(C(=O)c3cccs3)[C@H]2c2ccc(C(C)(C)C)cc2)nc1C. The molecule has 0 spiro atoms. The number of nitrogens with zero attached hydrogens (tertiary/aromatic N) is 2. The average molecular weight is 497 g/mol. The van der Waals surface area contributed by atoms with Crippen LogP contribution in [0.2, 0.25) is 0 Å². The van der Waals surface area contributed by atoms with Gasteiger partial charge in [-0.05, 0) is 34.9 Å². The largest absolute Gasteiger partial charge is 0.503 e. The molecule has 34 heavy (non-hydrogen) atoms. The van der Waals surface area contributed by atoms with Crippen LogP contribution >= 0.6 is 22.7 Å². The van der Waals surface area contributed by atoms with Gasteiger partial charge in [-0.25, -0.2) is 9.78 Å². The number of carbonyl (C=O) groups excluding carboxylic acids is 3. The van der Waals surface area contributed by atoms with Crippen LogP contribution in [0.25, 0.3) is 0 Å². The Hall–Kier alpha value is -3.30. The van der Waals surface area contributed by atoms with Gasteiger partial charge in [0.25, 0.3) is 5.91 Å². The van der Waals surface area contributed by atoms with Crippen LogP contribution in [0.3, 0.4) is 0 Å². The molecule has 2 aromatic heterocycles. The summed E-state index contributed by atoms with van der Waals surface area (Å²) in [4.78, 5) is 45.2. The number of aryl methyl sites for hydroxylation is 1. The van der Waals surface area contributed by atoms with E-state index < -0.39 is 29.5 Å². The van der Waals surface area contributed by atoms with Gasteiger partial charge in [0.15, 0.2) is 10.9 Å². The van der Waals surface area contributed by atoms with Crippen molar-refractivity contribution < 1.29 is 24.2 Å². The number of rotatable bonds is 5. The Balaban J connectivity index is 1.87. The van der Waals surface area contributed by atoms with Gasteiger partial charge in [0, 0.05) is 0 Å². The van der Waals surface area contributed by atoms with E-state index in [9.17, 15) is 19.5 Å². The molecule has 7 nitrogen and oxygen atoms in total. The number of Topliss-reactive ketones (excluding diaryl/α,β-unsaturated/α-hetero) is 1. The normalized spacial score (nSPS) is 16.3. The summed E-state index contributed by atoms with van der Waals surface area (Å²) in [5.41, 5.74) is 2.05. The fourth-order valence-corrected chi connectivity index (χ4v) is 5.51. The topological polar surface area (TPSA) is 96.8 Å². The second kappa shape index (κ2) is 8.81. The molecule has 0 bridgehead atoms. The van der Waals surface area contributed by atoms with Gasteiger partial charge in [0.2, 0.25) is 5.78 Å². The van der Waals surface area contributed by atoms with E-state index in [1.807, 2.05) is 24.3 Å². The minimum Gasteiger partial charge on any atom is -0.503 e. The van der Waals surface area contributed by atoms with Crippen molar-refractivity contribution in [3.8, 4) is 0 Å². The van der Waals surface area contributed by atoms with E-state index in [4.69, 9.17) is 4.74 Å². The summed E-state index contributed by atoms with van der Waals surface area (Å²) in [6.07, 6.45) is 0. The number of aliphatic hydroxyl groups is 1. The van der Waals surface area contributed by atoms with Gasteiger partial charge >= 0.3 is 5.97 Å². The minimum atomic E-state index is -0.896. The highest BCUT2D eigenvalue weighted by Gasteiger charge is 2.46. The summed E-state index contributed by atoms with van der Waals surface area (Å²) in [6, 6.07) is 10.1. The number of ether oxygens (including phenoxy) is 1. The molecule has 0 saturated carbocycles. The molecular weight excluding hydrogens is 472 g/mol. The van der Waals surface area contributed by atoms with E-state index in [1.165, 1.54) is 23.3 Å². The molecule has 1 aliphatic rings. The number of carbonyl (C=O) groups is 3. The van der Waals surface area contributed by atoms with Crippen LogP contribution in [-0.4, -0.2) is 34.9 Å². The molecule has 176 valence electrons. The number of aliphatic hydroxyl groups excluding tert-OH is 1. The molecule has 9 heteroatoms. The number of methoxy groups -OCH3 is 1. The van der Waals surface area contributed by atoms with Crippen molar-refractivity contribution in [3.05, 3.63) is 79.7 Å². The third kappa shape index (κ3) is 4.05. The highest BCUT2D eigenvalue weighted by atomic mass is 32.1. The van der Waals surface area contributed by atoms with E-state index in [0.29, 0.717) is 16.1 Å². The smallest absolute Gasteiger partial charge is 0.350 e. The molecule has 4 rings (SSSR count). The van der Waals surface area contributed by atoms with Gasteiger partial charge in [0.05, 0.1) is 29.3 Å². The van der Waals surface area contributed by atoms with E-state index in [-0.39, 0.29) is 21.0 Å². The van der Waals surface area contributed by atoms with Gasteiger partial charge in [-0.2, -0.15) is 0 Å². The lowest BCUT2D eigenvalue weighted by Crippen LogP contribution is -2.31. The Bertz CT molecular complexity index is 1300. The Kier molecular flexibility index (Phi) is 6.18. The Morgan fingerprint density at radius 2 is 1.82 bits per heavy atom.